The predicted molar refractivity (Wildman–Crippen MR) is 82.8 cm³/mol. The largest absolute Gasteiger partial charge is 0.261 e. The number of aromatic nitrogens is 1. The summed E-state index contributed by atoms with van der Waals surface area (Å²) in [5.41, 5.74) is 0.590. The number of hydrogen-bond donors (Lipinski definition) is 1. The predicted octanol–water partition coefficient (Wildman–Crippen LogP) is 4.13. The first-order chi connectivity index (χ1) is 10.1. The van der Waals surface area contributed by atoms with Crippen LogP contribution >= 0.6 is 39.0 Å². The molecule has 0 spiro atoms. The van der Waals surface area contributed by atoms with E-state index in [9.17, 15) is 9.60 Å². The Morgan fingerprint density at radius 3 is 3.05 bits per heavy atom. The van der Waals surface area contributed by atoms with Gasteiger partial charge in [0.25, 0.3) is 0 Å². The summed E-state index contributed by atoms with van der Waals surface area (Å²) in [7, 11) is 0. The molecule has 1 aromatic heterocycles. The molecule has 0 fully saturated rings. The maximum Gasteiger partial charge on any atom is 0.149 e. The van der Waals surface area contributed by atoms with E-state index in [4.69, 9.17) is 4.94 Å². The van der Waals surface area contributed by atoms with E-state index in [0.29, 0.717) is 26.2 Å². The molecule has 5 nitrogen and oxygen atoms in total. The van der Waals surface area contributed by atoms with E-state index in [1.165, 1.54) is 22.9 Å². The minimum atomic E-state index is -0.360. The van der Waals surface area contributed by atoms with Crippen molar-refractivity contribution in [2.75, 3.05) is 5.06 Å². The first kappa shape index (κ1) is 14.8. The molecule has 0 saturated carbocycles. The van der Waals surface area contributed by atoms with Crippen LogP contribution in [0, 0.1) is 5.82 Å². The number of hydroxylamine groups is 3. The zero-order valence-corrected chi connectivity index (χ0v) is 13.7. The van der Waals surface area contributed by atoms with Gasteiger partial charge in [0, 0.05) is 11.6 Å². The molecule has 2 heterocycles. The lowest BCUT2D eigenvalue weighted by atomic mass is 10.3. The Labute approximate surface area is 136 Å². The molecule has 0 saturated heterocycles. The highest BCUT2D eigenvalue weighted by Gasteiger charge is 2.23. The van der Waals surface area contributed by atoms with Gasteiger partial charge in [-0.15, -0.1) is 16.3 Å². The molecule has 0 bridgehead atoms. The molecule has 1 N–H and O–H groups in total. The molecule has 1 aliphatic rings. The SMILES string of the molecule is ON1ON(c2ccc(F)c(Br)c2)C=C1SCc1nccs1. The van der Waals surface area contributed by atoms with E-state index in [2.05, 4.69) is 20.9 Å². The van der Waals surface area contributed by atoms with Crippen molar-refractivity contribution < 1.29 is 14.5 Å². The quantitative estimate of drug-likeness (QED) is 0.847. The van der Waals surface area contributed by atoms with E-state index < -0.39 is 0 Å². The Kier molecular flexibility index (Phi) is 4.45. The molecule has 9 heteroatoms. The van der Waals surface area contributed by atoms with Gasteiger partial charge in [-0.2, -0.15) is 5.06 Å². The molecule has 1 aliphatic heterocycles. The lowest BCUT2D eigenvalue weighted by Gasteiger charge is -2.16. The lowest BCUT2D eigenvalue weighted by Crippen LogP contribution is -2.20. The molecule has 0 aliphatic carbocycles. The minimum Gasteiger partial charge on any atom is -0.261 e. The smallest absolute Gasteiger partial charge is 0.149 e. The second-order valence-electron chi connectivity index (χ2n) is 3.96. The summed E-state index contributed by atoms with van der Waals surface area (Å²) in [6, 6.07) is 4.44. The summed E-state index contributed by atoms with van der Waals surface area (Å²) in [6.07, 6.45) is 3.36. The van der Waals surface area contributed by atoms with Crippen LogP contribution in [0.3, 0.4) is 0 Å². The van der Waals surface area contributed by atoms with Crippen LogP contribution in [-0.4, -0.2) is 15.4 Å². The van der Waals surface area contributed by atoms with Gasteiger partial charge in [0.2, 0.25) is 0 Å². The lowest BCUT2D eigenvalue weighted by molar-refractivity contribution is -0.297. The van der Waals surface area contributed by atoms with Crippen LogP contribution in [0.5, 0.6) is 0 Å². The third kappa shape index (κ3) is 3.38. The molecule has 1 aromatic carbocycles. The second kappa shape index (κ2) is 6.32. The normalized spacial score (nSPS) is 14.7. The molecule has 0 unspecified atom stereocenters. The Morgan fingerprint density at radius 2 is 2.33 bits per heavy atom. The molecule has 0 amide bonds. The maximum atomic E-state index is 13.2. The van der Waals surface area contributed by atoms with E-state index in [1.807, 2.05) is 5.38 Å². The van der Waals surface area contributed by atoms with Crippen LogP contribution in [0.2, 0.25) is 0 Å². The number of rotatable bonds is 4. The molecule has 3 rings (SSSR count). The topological polar surface area (TPSA) is 48.8 Å². The van der Waals surface area contributed by atoms with Crippen molar-refractivity contribution in [3.8, 4) is 0 Å². The third-order valence-electron chi connectivity index (χ3n) is 2.57. The van der Waals surface area contributed by atoms with Gasteiger partial charge < -0.3 is 0 Å². The zero-order chi connectivity index (χ0) is 14.8. The Balaban J connectivity index is 1.72. The highest BCUT2D eigenvalue weighted by atomic mass is 79.9. The number of halogens is 2. The highest BCUT2D eigenvalue weighted by molar-refractivity contribution is 9.10. The number of anilines is 1. The average molecular weight is 390 g/mol. The molecule has 21 heavy (non-hydrogen) atoms. The Morgan fingerprint density at radius 1 is 1.48 bits per heavy atom. The first-order valence-electron chi connectivity index (χ1n) is 5.78. The van der Waals surface area contributed by atoms with Crippen LogP contribution in [0.1, 0.15) is 5.01 Å². The van der Waals surface area contributed by atoms with Gasteiger partial charge in [0.05, 0.1) is 22.1 Å². The van der Waals surface area contributed by atoms with Crippen molar-refractivity contribution in [3.63, 3.8) is 0 Å². The monoisotopic (exact) mass is 389 g/mol. The van der Waals surface area contributed by atoms with Crippen molar-refractivity contribution in [2.45, 2.75) is 5.75 Å². The van der Waals surface area contributed by atoms with Crippen molar-refractivity contribution in [2.24, 2.45) is 0 Å². The average Bonchev–Trinajstić information content (AvgIpc) is 3.09. The molecule has 110 valence electrons. The molecular formula is C12H9BrFN3O2S2. The third-order valence-corrected chi connectivity index (χ3v) is 5.11. The zero-order valence-electron chi connectivity index (χ0n) is 10.4. The van der Waals surface area contributed by atoms with Crippen LogP contribution in [0.4, 0.5) is 10.1 Å². The van der Waals surface area contributed by atoms with Crippen LogP contribution in [-0.2, 0) is 10.7 Å². The van der Waals surface area contributed by atoms with Gasteiger partial charge >= 0.3 is 0 Å². The fraction of sp³-hybridized carbons (Fsp3) is 0.0833. The van der Waals surface area contributed by atoms with Crippen molar-refractivity contribution in [3.05, 3.63) is 56.3 Å². The highest BCUT2D eigenvalue weighted by Crippen LogP contribution is 2.33. The van der Waals surface area contributed by atoms with Crippen LogP contribution < -0.4 is 5.06 Å². The van der Waals surface area contributed by atoms with Gasteiger partial charge in [-0.1, -0.05) is 17.0 Å². The van der Waals surface area contributed by atoms with Crippen molar-refractivity contribution in [1.82, 2.24) is 10.2 Å². The summed E-state index contributed by atoms with van der Waals surface area (Å²) < 4.78 is 13.5. The van der Waals surface area contributed by atoms with Crippen molar-refractivity contribution >= 4 is 44.7 Å². The molecule has 0 atom stereocenters. The molecule has 2 aromatic rings. The fourth-order valence-corrected chi connectivity index (χ4v) is 3.47. The van der Waals surface area contributed by atoms with Gasteiger partial charge in [-0.3, -0.25) is 5.21 Å². The number of benzene rings is 1. The first-order valence-corrected chi connectivity index (χ1v) is 8.43. The standard InChI is InChI=1S/C12H9BrFN3O2S2/c13-9-5-8(1-2-10(9)14)16-6-12(17(18)19-16)21-7-11-15-3-4-20-11/h1-6,18H,7H2. The van der Waals surface area contributed by atoms with Crippen LogP contribution in [0.15, 0.2) is 45.5 Å². The maximum absolute atomic E-state index is 13.2. The van der Waals surface area contributed by atoms with E-state index in [0.717, 1.165) is 5.01 Å². The Hall–Kier alpha value is -1.13. The van der Waals surface area contributed by atoms with Gasteiger partial charge in [-0.25, -0.2) is 9.37 Å². The minimum absolute atomic E-state index is 0.324. The Bertz CT molecular complexity index is 669. The van der Waals surface area contributed by atoms with E-state index in [-0.39, 0.29) is 5.82 Å². The number of thioether (sulfide) groups is 1. The molecular weight excluding hydrogens is 381 g/mol. The van der Waals surface area contributed by atoms with Crippen LogP contribution in [0.25, 0.3) is 0 Å². The summed E-state index contributed by atoms with van der Waals surface area (Å²) >= 11 is 6.05. The fourth-order valence-electron chi connectivity index (χ4n) is 1.59. The summed E-state index contributed by atoms with van der Waals surface area (Å²) in [5.74, 6) is 0.270. The second-order valence-corrected chi connectivity index (χ2v) is 6.79. The summed E-state index contributed by atoms with van der Waals surface area (Å²) in [6.45, 7) is 0. The number of hydrogen-bond acceptors (Lipinski definition) is 7. The summed E-state index contributed by atoms with van der Waals surface area (Å²) in [5, 5.41) is 15.2. The van der Waals surface area contributed by atoms with Gasteiger partial charge in [0.15, 0.2) is 0 Å². The van der Waals surface area contributed by atoms with Crippen molar-refractivity contribution in [1.29, 1.82) is 0 Å². The van der Waals surface area contributed by atoms with E-state index >= 15 is 0 Å². The summed E-state index contributed by atoms with van der Waals surface area (Å²) in [4.78, 5) is 9.34. The number of nitrogens with zero attached hydrogens (tertiary/aromatic N) is 3. The van der Waals surface area contributed by atoms with E-state index in [1.54, 1.807) is 35.9 Å². The van der Waals surface area contributed by atoms with Gasteiger partial charge in [0.1, 0.15) is 15.9 Å². The number of thiazole rings is 1. The van der Waals surface area contributed by atoms with Gasteiger partial charge in [-0.05, 0) is 34.1 Å². The molecule has 0 radical (unpaired) electrons.